The van der Waals surface area contributed by atoms with E-state index in [1.165, 1.54) is 12.1 Å². The zero-order chi connectivity index (χ0) is 28.9. The molecule has 0 aliphatic rings. The topological polar surface area (TPSA) is 95.6 Å². The van der Waals surface area contributed by atoms with Crippen molar-refractivity contribution in [3.63, 3.8) is 0 Å². The molecule has 7 nitrogen and oxygen atoms in total. The van der Waals surface area contributed by atoms with Gasteiger partial charge in [-0.2, -0.15) is 0 Å². The van der Waals surface area contributed by atoms with Gasteiger partial charge in [-0.15, -0.1) is 0 Å². The summed E-state index contributed by atoms with van der Waals surface area (Å²) in [6, 6.07) is 27.1. The number of amides is 2. The van der Waals surface area contributed by atoms with Crippen LogP contribution in [0.4, 0.5) is 11.4 Å². The molecule has 4 aromatic rings. The Morgan fingerprint density at radius 2 is 1.52 bits per heavy atom. The Labute approximate surface area is 239 Å². The summed E-state index contributed by atoms with van der Waals surface area (Å²) in [5.41, 5.74) is 3.28. The van der Waals surface area contributed by atoms with Crippen LogP contribution >= 0.6 is 11.6 Å². The number of para-hydroxylation sites is 1. The van der Waals surface area contributed by atoms with E-state index >= 15 is 0 Å². The second-order valence-electron chi connectivity index (χ2n) is 9.46. The number of rotatable bonds is 9. The molecule has 0 heterocycles. The first-order valence-electron chi connectivity index (χ1n) is 12.7. The van der Waals surface area contributed by atoms with Gasteiger partial charge >= 0.3 is 0 Å². The Kier molecular flexibility index (Phi) is 8.92. The third kappa shape index (κ3) is 6.70. The minimum Gasteiger partial charge on any atom is -0.345 e. The summed E-state index contributed by atoms with van der Waals surface area (Å²) < 4.78 is 28.6. The van der Waals surface area contributed by atoms with E-state index in [-0.39, 0.29) is 28.1 Å². The Morgan fingerprint density at radius 1 is 0.875 bits per heavy atom. The molecule has 4 rings (SSSR count). The molecule has 1 atom stereocenters. The Hall–Kier alpha value is -4.14. The normalized spacial score (nSPS) is 11.9. The summed E-state index contributed by atoms with van der Waals surface area (Å²) in [6.07, 6.45) is 0. The van der Waals surface area contributed by atoms with Crippen molar-refractivity contribution in [3.8, 4) is 0 Å². The molecule has 0 radical (unpaired) electrons. The number of nitrogens with zero attached hydrogens (tertiary/aromatic N) is 1. The van der Waals surface area contributed by atoms with Crippen LogP contribution in [0.5, 0.6) is 0 Å². The van der Waals surface area contributed by atoms with Crippen LogP contribution in [0.15, 0.2) is 102 Å². The number of halogens is 1. The summed E-state index contributed by atoms with van der Waals surface area (Å²) in [7, 11) is -4.12. The number of carbonyl (C=O) groups excluding carboxylic acids is 2. The molecule has 1 unspecified atom stereocenters. The summed E-state index contributed by atoms with van der Waals surface area (Å²) in [4.78, 5) is 26.5. The van der Waals surface area contributed by atoms with E-state index in [1.54, 1.807) is 61.5 Å². The number of benzene rings is 4. The van der Waals surface area contributed by atoms with Crippen LogP contribution in [0, 0.1) is 13.8 Å². The van der Waals surface area contributed by atoms with Crippen molar-refractivity contribution >= 4 is 44.8 Å². The number of hydrogen-bond donors (Lipinski definition) is 2. The molecular weight excluding hydrogens is 546 g/mol. The third-order valence-electron chi connectivity index (χ3n) is 6.42. The first kappa shape index (κ1) is 28.9. The minimum absolute atomic E-state index is 0.0509. The Morgan fingerprint density at radius 3 is 2.20 bits per heavy atom. The molecule has 0 aliphatic heterocycles. The fourth-order valence-corrected chi connectivity index (χ4v) is 5.96. The average molecular weight is 576 g/mol. The zero-order valence-electron chi connectivity index (χ0n) is 22.4. The zero-order valence-corrected chi connectivity index (χ0v) is 24.0. The molecule has 0 aromatic heterocycles. The molecule has 206 valence electrons. The van der Waals surface area contributed by atoms with Gasteiger partial charge in [-0.1, -0.05) is 71.8 Å². The van der Waals surface area contributed by atoms with Crippen molar-refractivity contribution in [2.45, 2.75) is 31.7 Å². The van der Waals surface area contributed by atoms with Crippen molar-refractivity contribution in [1.82, 2.24) is 5.32 Å². The van der Waals surface area contributed by atoms with Gasteiger partial charge in [0.25, 0.3) is 15.9 Å². The molecule has 0 bridgehead atoms. The molecule has 2 N–H and O–H groups in total. The van der Waals surface area contributed by atoms with Gasteiger partial charge in [-0.05, 0) is 74.4 Å². The Bertz CT molecular complexity index is 1620. The first-order chi connectivity index (χ1) is 19.1. The molecule has 2 amide bonds. The van der Waals surface area contributed by atoms with E-state index in [1.807, 2.05) is 44.2 Å². The number of nitrogens with one attached hydrogen (secondary N) is 2. The average Bonchev–Trinajstić information content (AvgIpc) is 2.93. The van der Waals surface area contributed by atoms with Gasteiger partial charge in [-0.3, -0.25) is 13.9 Å². The lowest BCUT2D eigenvalue weighted by atomic mass is 10.1. The highest BCUT2D eigenvalue weighted by Crippen LogP contribution is 2.29. The van der Waals surface area contributed by atoms with E-state index in [0.29, 0.717) is 16.3 Å². The van der Waals surface area contributed by atoms with E-state index in [4.69, 9.17) is 11.6 Å². The highest BCUT2D eigenvalue weighted by molar-refractivity contribution is 7.92. The summed E-state index contributed by atoms with van der Waals surface area (Å²) >= 11 is 6.12. The molecular formula is C31H30ClN3O4S. The van der Waals surface area contributed by atoms with Gasteiger partial charge in [0.05, 0.1) is 27.9 Å². The van der Waals surface area contributed by atoms with Gasteiger partial charge in [-0.25, -0.2) is 8.42 Å². The van der Waals surface area contributed by atoms with Gasteiger partial charge in [0.15, 0.2) is 0 Å². The molecule has 0 spiro atoms. The minimum atomic E-state index is -4.12. The number of sulfonamides is 1. The summed E-state index contributed by atoms with van der Waals surface area (Å²) in [6.45, 7) is 4.94. The number of carbonyl (C=O) groups is 2. The second-order valence-corrected chi connectivity index (χ2v) is 11.8. The predicted molar refractivity (Wildman–Crippen MR) is 159 cm³/mol. The highest BCUT2D eigenvalue weighted by atomic mass is 35.5. The van der Waals surface area contributed by atoms with Crippen molar-refractivity contribution in [2.24, 2.45) is 0 Å². The van der Waals surface area contributed by atoms with E-state index in [2.05, 4.69) is 10.6 Å². The maximum absolute atomic E-state index is 13.7. The van der Waals surface area contributed by atoms with Crippen LogP contribution in [0.1, 0.15) is 40.0 Å². The van der Waals surface area contributed by atoms with Gasteiger partial charge in [0.1, 0.15) is 6.54 Å². The maximum Gasteiger partial charge on any atom is 0.264 e. The largest absolute Gasteiger partial charge is 0.345 e. The van der Waals surface area contributed by atoms with Crippen LogP contribution < -0.4 is 14.9 Å². The lowest BCUT2D eigenvalue weighted by Crippen LogP contribution is -2.39. The van der Waals surface area contributed by atoms with Gasteiger partial charge in [0, 0.05) is 5.02 Å². The van der Waals surface area contributed by atoms with Gasteiger partial charge in [0.2, 0.25) is 5.91 Å². The second kappa shape index (κ2) is 12.4. The van der Waals surface area contributed by atoms with E-state index in [0.717, 1.165) is 15.4 Å². The summed E-state index contributed by atoms with van der Waals surface area (Å²) in [5.74, 6) is -0.980. The van der Waals surface area contributed by atoms with E-state index < -0.39 is 22.5 Å². The summed E-state index contributed by atoms with van der Waals surface area (Å²) in [5, 5.41) is 6.13. The van der Waals surface area contributed by atoms with Crippen LogP contribution in [0.3, 0.4) is 0 Å². The quantitative estimate of drug-likeness (QED) is 0.245. The van der Waals surface area contributed by atoms with Crippen molar-refractivity contribution in [1.29, 1.82) is 0 Å². The smallest absolute Gasteiger partial charge is 0.264 e. The molecule has 40 heavy (non-hydrogen) atoms. The van der Waals surface area contributed by atoms with Crippen molar-refractivity contribution in [2.75, 3.05) is 16.2 Å². The standard InChI is InChI=1S/C31H30ClN3O4S/c1-21-13-16-26(17-14-21)40(38,39)35(29-18-15-25(32)19-22(29)2)20-30(36)34-28-12-8-7-11-27(28)31(37)33-23(3)24-9-5-4-6-10-24/h4-19,23H,20H2,1-3H3,(H,33,37)(H,34,36). The van der Waals surface area contributed by atoms with Crippen LogP contribution in [0.25, 0.3) is 0 Å². The maximum atomic E-state index is 13.7. The lowest BCUT2D eigenvalue weighted by Gasteiger charge is -2.26. The fraction of sp³-hybridized carbons (Fsp3) is 0.161. The van der Waals surface area contributed by atoms with Gasteiger partial charge < -0.3 is 10.6 Å². The van der Waals surface area contributed by atoms with E-state index in [9.17, 15) is 18.0 Å². The fourth-order valence-electron chi connectivity index (χ4n) is 4.25. The highest BCUT2D eigenvalue weighted by Gasteiger charge is 2.29. The van der Waals surface area contributed by atoms with Crippen molar-refractivity contribution < 1.29 is 18.0 Å². The molecule has 4 aromatic carbocycles. The van der Waals surface area contributed by atoms with Crippen LogP contribution in [-0.4, -0.2) is 26.8 Å². The monoisotopic (exact) mass is 575 g/mol. The number of aryl methyl sites for hydroxylation is 2. The third-order valence-corrected chi connectivity index (χ3v) is 8.43. The molecule has 0 fully saturated rings. The van der Waals surface area contributed by atoms with Crippen LogP contribution in [-0.2, 0) is 14.8 Å². The van der Waals surface area contributed by atoms with Crippen molar-refractivity contribution in [3.05, 3.63) is 124 Å². The SMILES string of the molecule is Cc1ccc(S(=O)(=O)N(CC(=O)Nc2ccccc2C(=O)NC(C)c2ccccc2)c2ccc(Cl)cc2C)cc1. The molecule has 0 saturated heterocycles. The van der Waals surface area contributed by atoms with Crippen LogP contribution in [0.2, 0.25) is 5.02 Å². The predicted octanol–water partition coefficient (Wildman–Crippen LogP) is 6.28. The molecule has 0 aliphatic carbocycles. The number of anilines is 2. The molecule has 0 saturated carbocycles. The first-order valence-corrected chi connectivity index (χ1v) is 14.5. The molecule has 9 heteroatoms. The number of hydrogen-bond acceptors (Lipinski definition) is 4. The lowest BCUT2D eigenvalue weighted by molar-refractivity contribution is -0.114. The Balaban J connectivity index is 1.60.